The van der Waals surface area contributed by atoms with Crippen LogP contribution in [0.15, 0.2) is 34.9 Å². The van der Waals surface area contributed by atoms with Crippen LogP contribution < -0.4 is 10.6 Å². The zero-order valence-electron chi connectivity index (χ0n) is 14.9. The van der Waals surface area contributed by atoms with Gasteiger partial charge in [-0.05, 0) is 53.2 Å². The SMILES string of the molecule is CCCN(CC(=O)Nc1ccc(Br)cn1)CC(=O)Nc1ccc(F)c(F)c1F. The van der Waals surface area contributed by atoms with E-state index in [0.717, 1.165) is 16.6 Å². The first-order valence-electron chi connectivity index (χ1n) is 8.37. The van der Waals surface area contributed by atoms with E-state index in [0.29, 0.717) is 18.8 Å². The number of aromatic nitrogens is 1. The largest absolute Gasteiger partial charge is 0.322 e. The second-order valence-electron chi connectivity index (χ2n) is 5.89. The minimum atomic E-state index is -1.66. The van der Waals surface area contributed by atoms with Crippen LogP contribution in [0.3, 0.4) is 0 Å². The summed E-state index contributed by atoms with van der Waals surface area (Å²) in [4.78, 5) is 29.9. The molecule has 150 valence electrons. The van der Waals surface area contributed by atoms with E-state index in [1.807, 2.05) is 6.92 Å². The summed E-state index contributed by atoms with van der Waals surface area (Å²) in [6.07, 6.45) is 2.19. The zero-order chi connectivity index (χ0) is 20.7. The van der Waals surface area contributed by atoms with Crippen molar-refractivity contribution in [3.8, 4) is 0 Å². The van der Waals surface area contributed by atoms with Gasteiger partial charge in [-0.1, -0.05) is 6.92 Å². The van der Waals surface area contributed by atoms with E-state index < -0.39 is 29.0 Å². The van der Waals surface area contributed by atoms with Gasteiger partial charge in [-0.25, -0.2) is 18.2 Å². The summed E-state index contributed by atoms with van der Waals surface area (Å²) in [6, 6.07) is 4.99. The van der Waals surface area contributed by atoms with Crippen molar-refractivity contribution in [3.63, 3.8) is 0 Å². The van der Waals surface area contributed by atoms with Gasteiger partial charge in [0.15, 0.2) is 17.5 Å². The van der Waals surface area contributed by atoms with Gasteiger partial charge < -0.3 is 10.6 Å². The quantitative estimate of drug-likeness (QED) is 0.593. The van der Waals surface area contributed by atoms with Crippen LogP contribution in [-0.2, 0) is 9.59 Å². The van der Waals surface area contributed by atoms with E-state index in [4.69, 9.17) is 0 Å². The third-order valence-electron chi connectivity index (χ3n) is 3.58. The van der Waals surface area contributed by atoms with Crippen molar-refractivity contribution in [1.82, 2.24) is 9.88 Å². The summed E-state index contributed by atoms with van der Waals surface area (Å²) in [5, 5.41) is 4.79. The van der Waals surface area contributed by atoms with Crippen LogP contribution in [0.1, 0.15) is 13.3 Å². The first kappa shape index (κ1) is 21.8. The van der Waals surface area contributed by atoms with Crippen molar-refractivity contribution >= 4 is 39.2 Å². The van der Waals surface area contributed by atoms with Crippen LogP contribution in [0, 0.1) is 17.5 Å². The highest BCUT2D eigenvalue weighted by molar-refractivity contribution is 9.10. The Morgan fingerprint density at radius 1 is 1.04 bits per heavy atom. The summed E-state index contributed by atoms with van der Waals surface area (Å²) in [7, 11) is 0. The molecule has 0 atom stereocenters. The van der Waals surface area contributed by atoms with Gasteiger partial charge >= 0.3 is 0 Å². The molecule has 0 spiro atoms. The van der Waals surface area contributed by atoms with E-state index in [-0.39, 0.29) is 19.0 Å². The predicted octanol–water partition coefficient (Wildman–Crippen LogP) is 3.55. The van der Waals surface area contributed by atoms with Crippen molar-refractivity contribution in [2.24, 2.45) is 0 Å². The second-order valence-corrected chi connectivity index (χ2v) is 6.81. The lowest BCUT2D eigenvalue weighted by atomic mass is 10.2. The Balaban J connectivity index is 1.95. The molecule has 0 aliphatic carbocycles. The number of pyridine rings is 1. The molecule has 0 saturated carbocycles. The highest BCUT2D eigenvalue weighted by atomic mass is 79.9. The molecule has 0 fully saturated rings. The fourth-order valence-corrected chi connectivity index (χ4v) is 2.62. The topological polar surface area (TPSA) is 74.3 Å². The number of halogens is 4. The van der Waals surface area contributed by atoms with Gasteiger partial charge in [-0.2, -0.15) is 0 Å². The predicted molar refractivity (Wildman–Crippen MR) is 102 cm³/mol. The third-order valence-corrected chi connectivity index (χ3v) is 4.05. The molecule has 1 heterocycles. The maximum atomic E-state index is 13.7. The molecule has 2 aromatic rings. The van der Waals surface area contributed by atoms with Crippen LogP contribution in [0.5, 0.6) is 0 Å². The molecular formula is C18H18BrF3N4O2. The molecule has 0 aliphatic rings. The number of carbonyl (C=O) groups is 2. The highest BCUT2D eigenvalue weighted by Gasteiger charge is 2.18. The molecule has 6 nitrogen and oxygen atoms in total. The summed E-state index contributed by atoms with van der Waals surface area (Å²) in [6.45, 7) is 1.97. The molecule has 2 amide bonds. The van der Waals surface area contributed by atoms with Crippen molar-refractivity contribution in [1.29, 1.82) is 0 Å². The normalized spacial score (nSPS) is 10.8. The molecule has 1 aromatic heterocycles. The lowest BCUT2D eigenvalue weighted by Gasteiger charge is -2.20. The monoisotopic (exact) mass is 458 g/mol. The van der Waals surface area contributed by atoms with Gasteiger partial charge in [-0.15, -0.1) is 0 Å². The summed E-state index contributed by atoms with van der Waals surface area (Å²) < 4.78 is 40.7. The lowest BCUT2D eigenvalue weighted by molar-refractivity contribution is -0.120. The molecule has 0 unspecified atom stereocenters. The average molecular weight is 459 g/mol. The van der Waals surface area contributed by atoms with Crippen LogP contribution in [0.2, 0.25) is 0 Å². The molecule has 2 N–H and O–H groups in total. The summed E-state index contributed by atoms with van der Waals surface area (Å²) in [5.41, 5.74) is -0.469. The van der Waals surface area contributed by atoms with Gasteiger partial charge in [0.05, 0.1) is 18.8 Å². The Morgan fingerprint density at radius 2 is 1.71 bits per heavy atom. The van der Waals surface area contributed by atoms with Gasteiger partial charge in [-0.3, -0.25) is 14.5 Å². The fraction of sp³-hybridized carbons (Fsp3) is 0.278. The van der Waals surface area contributed by atoms with Crippen molar-refractivity contribution in [2.45, 2.75) is 13.3 Å². The minimum absolute atomic E-state index is 0.0980. The maximum Gasteiger partial charge on any atom is 0.239 e. The first-order valence-corrected chi connectivity index (χ1v) is 9.16. The number of hydrogen-bond acceptors (Lipinski definition) is 4. The van der Waals surface area contributed by atoms with E-state index in [1.165, 1.54) is 6.20 Å². The molecule has 0 bridgehead atoms. The van der Waals surface area contributed by atoms with Gasteiger partial charge in [0.2, 0.25) is 11.8 Å². The lowest BCUT2D eigenvalue weighted by Crippen LogP contribution is -2.39. The van der Waals surface area contributed by atoms with Gasteiger partial charge in [0, 0.05) is 10.7 Å². The number of rotatable bonds is 8. The van der Waals surface area contributed by atoms with E-state index in [2.05, 4.69) is 31.5 Å². The highest BCUT2D eigenvalue weighted by Crippen LogP contribution is 2.19. The first-order chi connectivity index (χ1) is 13.3. The molecule has 10 heteroatoms. The molecule has 28 heavy (non-hydrogen) atoms. The Morgan fingerprint density at radius 3 is 2.32 bits per heavy atom. The number of nitrogens with one attached hydrogen (secondary N) is 2. The fourth-order valence-electron chi connectivity index (χ4n) is 2.38. The third kappa shape index (κ3) is 6.31. The minimum Gasteiger partial charge on any atom is -0.322 e. The van der Waals surface area contributed by atoms with Gasteiger partial charge in [0.25, 0.3) is 0 Å². The number of nitrogens with zero attached hydrogens (tertiary/aromatic N) is 2. The van der Waals surface area contributed by atoms with E-state index in [9.17, 15) is 22.8 Å². The molecule has 1 aromatic carbocycles. The number of amides is 2. The Bertz CT molecular complexity index is 849. The van der Waals surface area contributed by atoms with E-state index >= 15 is 0 Å². The van der Waals surface area contributed by atoms with Crippen molar-refractivity contribution in [3.05, 3.63) is 52.4 Å². The maximum absolute atomic E-state index is 13.7. The summed E-state index contributed by atoms with van der Waals surface area (Å²) >= 11 is 3.24. The smallest absolute Gasteiger partial charge is 0.239 e. The second kappa shape index (κ2) is 10.2. The van der Waals surface area contributed by atoms with Crippen LogP contribution >= 0.6 is 15.9 Å². The molecule has 0 saturated heterocycles. The number of anilines is 2. The Labute approximate surface area is 168 Å². The standard InChI is InChI=1S/C18H18BrF3N4O2/c1-2-7-26(10-16(28)25-14-6-3-11(19)8-23-14)9-15(27)24-13-5-4-12(20)17(21)18(13)22/h3-6,8H,2,7,9-10H2,1H3,(H,24,27)(H,23,25,28). The van der Waals surface area contributed by atoms with Crippen LogP contribution in [-0.4, -0.2) is 41.3 Å². The zero-order valence-corrected chi connectivity index (χ0v) is 16.5. The van der Waals surface area contributed by atoms with Gasteiger partial charge in [0.1, 0.15) is 5.82 Å². The average Bonchev–Trinajstić information content (AvgIpc) is 2.64. The Kier molecular flexibility index (Phi) is 7.94. The van der Waals surface area contributed by atoms with Crippen molar-refractivity contribution < 1.29 is 22.8 Å². The van der Waals surface area contributed by atoms with Crippen LogP contribution in [0.25, 0.3) is 0 Å². The molecule has 2 rings (SSSR count). The molecular weight excluding hydrogens is 441 g/mol. The number of hydrogen-bond donors (Lipinski definition) is 2. The summed E-state index contributed by atoms with van der Waals surface area (Å²) in [5.74, 6) is -5.17. The molecule has 0 radical (unpaired) electrons. The number of benzene rings is 1. The number of carbonyl (C=O) groups excluding carboxylic acids is 2. The van der Waals surface area contributed by atoms with E-state index in [1.54, 1.807) is 17.0 Å². The Hall–Kier alpha value is -2.46. The van der Waals surface area contributed by atoms with Crippen LogP contribution in [0.4, 0.5) is 24.7 Å². The van der Waals surface area contributed by atoms with Crippen molar-refractivity contribution in [2.75, 3.05) is 30.3 Å². The molecule has 0 aliphatic heterocycles.